The summed E-state index contributed by atoms with van der Waals surface area (Å²) >= 11 is 0. The maximum Gasteiger partial charge on any atom is 0.189 e. The summed E-state index contributed by atoms with van der Waals surface area (Å²) in [5.41, 5.74) is 4.38. The second kappa shape index (κ2) is 4.12. The SMILES string of the molecule is CCCc1cc(=O)c2c(C)cc(C)cc2[nH]1. The van der Waals surface area contributed by atoms with E-state index in [1.165, 1.54) is 5.56 Å². The molecule has 0 unspecified atom stereocenters. The van der Waals surface area contributed by atoms with Gasteiger partial charge in [-0.15, -0.1) is 0 Å². The number of hydrogen-bond donors (Lipinski definition) is 1. The minimum atomic E-state index is 0.134. The van der Waals surface area contributed by atoms with Crippen molar-refractivity contribution in [3.05, 3.63) is 45.2 Å². The molecule has 0 spiro atoms. The zero-order chi connectivity index (χ0) is 11.7. The first-order valence-electron chi connectivity index (χ1n) is 5.75. The van der Waals surface area contributed by atoms with Crippen LogP contribution in [0.2, 0.25) is 0 Å². The molecule has 2 nitrogen and oxygen atoms in total. The van der Waals surface area contributed by atoms with E-state index in [2.05, 4.69) is 24.9 Å². The van der Waals surface area contributed by atoms with Gasteiger partial charge < -0.3 is 4.98 Å². The van der Waals surface area contributed by atoms with Crippen LogP contribution in [0.15, 0.2) is 23.0 Å². The summed E-state index contributed by atoms with van der Waals surface area (Å²) in [5, 5.41) is 0.824. The van der Waals surface area contributed by atoms with Crippen molar-refractivity contribution in [1.29, 1.82) is 0 Å². The van der Waals surface area contributed by atoms with Crippen LogP contribution in [0, 0.1) is 13.8 Å². The summed E-state index contributed by atoms with van der Waals surface area (Å²) in [6.07, 6.45) is 1.98. The third kappa shape index (κ3) is 1.87. The van der Waals surface area contributed by atoms with E-state index in [0.29, 0.717) is 0 Å². The molecule has 1 aromatic heterocycles. The number of aryl methyl sites for hydroxylation is 3. The smallest absolute Gasteiger partial charge is 0.189 e. The average molecular weight is 215 g/mol. The quantitative estimate of drug-likeness (QED) is 0.820. The van der Waals surface area contributed by atoms with Crippen molar-refractivity contribution in [2.45, 2.75) is 33.6 Å². The lowest BCUT2D eigenvalue weighted by molar-refractivity contribution is 0.888. The maximum atomic E-state index is 12.0. The zero-order valence-electron chi connectivity index (χ0n) is 10.1. The van der Waals surface area contributed by atoms with Gasteiger partial charge in [0.1, 0.15) is 0 Å². The molecular formula is C14H17NO. The van der Waals surface area contributed by atoms with Gasteiger partial charge in [0.15, 0.2) is 5.43 Å². The molecule has 2 heteroatoms. The number of aromatic amines is 1. The first kappa shape index (κ1) is 10.9. The van der Waals surface area contributed by atoms with Crippen LogP contribution >= 0.6 is 0 Å². The minimum Gasteiger partial charge on any atom is -0.358 e. The fourth-order valence-corrected chi connectivity index (χ4v) is 2.24. The first-order valence-corrected chi connectivity index (χ1v) is 5.75. The highest BCUT2D eigenvalue weighted by Gasteiger charge is 2.05. The fourth-order valence-electron chi connectivity index (χ4n) is 2.24. The van der Waals surface area contributed by atoms with Gasteiger partial charge in [0.2, 0.25) is 0 Å². The molecule has 1 heterocycles. The molecule has 0 saturated carbocycles. The van der Waals surface area contributed by atoms with Crippen LogP contribution in [0.25, 0.3) is 10.9 Å². The van der Waals surface area contributed by atoms with E-state index < -0.39 is 0 Å². The average Bonchev–Trinajstić information content (AvgIpc) is 2.15. The summed E-state index contributed by atoms with van der Waals surface area (Å²) in [6, 6.07) is 5.83. The van der Waals surface area contributed by atoms with Crippen LogP contribution in [0.3, 0.4) is 0 Å². The van der Waals surface area contributed by atoms with Crippen molar-refractivity contribution in [3.63, 3.8) is 0 Å². The lowest BCUT2D eigenvalue weighted by Crippen LogP contribution is -2.06. The number of hydrogen-bond acceptors (Lipinski definition) is 1. The third-order valence-electron chi connectivity index (χ3n) is 2.85. The van der Waals surface area contributed by atoms with Crippen molar-refractivity contribution >= 4 is 10.9 Å². The molecule has 1 N–H and O–H groups in total. The Morgan fingerprint density at radius 1 is 1.19 bits per heavy atom. The van der Waals surface area contributed by atoms with Gasteiger partial charge in [-0.3, -0.25) is 4.79 Å². The summed E-state index contributed by atoms with van der Waals surface area (Å²) < 4.78 is 0. The molecule has 0 aliphatic heterocycles. The van der Waals surface area contributed by atoms with E-state index in [0.717, 1.165) is 35.0 Å². The van der Waals surface area contributed by atoms with E-state index >= 15 is 0 Å². The molecule has 0 radical (unpaired) electrons. The van der Waals surface area contributed by atoms with Gasteiger partial charge in [-0.2, -0.15) is 0 Å². The second-order valence-corrected chi connectivity index (χ2v) is 4.41. The molecule has 0 atom stereocenters. The molecule has 0 saturated heterocycles. The van der Waals surface area contributed by atoms with E-state index in [9.17, 15) is 4.79 Å². The van der Waals surface area contributed by atoms with Gasteiger partial charge in [0.05, 0.1) is 0 Å². The normalized spacial score (nSPS) is 10.9. The van der Waals surface area contributed by atoms with Crippen molar-refractivity contribution in [2.75, 3.05) is 0 Å². The number of nitrogens with one attached hydrogen (secondary N) is 1. The van der Waals surface area contributed by atoms with Gasteiger partial charge in [-0.05, 0) is 37.5 Å². The molecule has 1 aromatic carbocycles. The number of aromatic nitrogens is 1. The zero-order valence-corrected chi connectivity index (χ0v) is 10.1. The molecule has 0 aliphatic rings. The summed E-state index contributed by atoms with van der Waals surface area (Å²) in [5.74, 6) is 0. The molecule has 0 fully saturated rings. The second-order valence-electron chi connectivity index (χ2n) is 4.41. The van der Waals surface area contributed by atoms with Gasteiger partial charge in [0, 0.05) is 22.7 Å². The van der Waals surface area contributed by atoms with Crippen LogP contribution in [0.1, 0.15) is 30.2 Å². The summed E-state index contributed by atoms with van der Waals surface area (Å²) in [7, 11) is 0. The number of rotatable bonds is 2. The van der Waals surface area contributed by atoms with E-state index in [1.54, 1.807) is 6.07 Å². The van der Waals surface area contributed by atoms with Gasteiger partial charge in [-0.25, -0.2) is 0 Å². The third-order valence-corrected chi connectivity index (χ3v) is 2.85. The van der Waals surface area contributed by atoms with Crippen LogP contribution in [0.5, 0.6) is 0 Å². The molecule has 16 heavy (non-hydrogen) atoms. The molecule has 2 aromatic rings. The fraction of sp³-hybridized carbons (Fsp3) is 0.357. The predicted octanol–water partition coefficient (Wildman–Crippen LogP) is 3.10. The molecule has 0 bridgehead atoms. The van der Waals surface area contributed by atoms with Crippen LogP contribution in [-0.4, -0.2) is 4.98 Å². The topological polar surface area (TPSA) is 32.9 Å². The highest BCUT2D eigenvalue weighted by Crippen LogP contribution is 2.16. The van der Waals surface area contributed by atoms with Crippen molar-refractivity contribution < 1.29 is 0 Å². The molecule has 2 rings (SSSR count). The Kier molecular flexibility index (Phi) is 2.82. The van der Waals surface area contributed by atoms with Crippen LogP contribution in [-0.2, 0) is 6.42 Å². The summed E-state index contributed by atoms with van der Waals surface area (Å²) in [4.78, 5) is 15.3. The molecule has 0 amide bonds. The molecule has 0 aliphatic carbocycles. The number of pyridine rings is 1. The minimum absolute atomic E-state index is 0.134. The Hall–Kier alpha value is -1.57. The highest BCUT2D eigenvalue weighted by molar-refractivity contribution is 5.82. The van der Waals surface area contributed by atoms with E-state index in [-0.39, 0.29) is 5.43 Å². The Morgan fingerprint density at radius 2 is 1.94 bits per heavy atom. The van der Waals surface area contributed by atoms with Crippen molar-refractivity contribution in [3.8, 4) is 0 Å². The van der Waals surface area contributed by atoms with Gasteiger partial charge >= 0.3 is 0 Å². The number of H-pyrrole nitrogens is 1. The highest BCUT2D eigenvalue weighted by atomic mass is 16.1. The number of benzene rings is 1. The molecular weight excluding hydrogens is 198 g/mol. The summed E-state index contributed by atoms with van der Waals surface area (Å²) in [6.45, 7) is 6.16. The largest absolute Gasteiger partial charge is 0.358 e. The monoisotopic (exact) mass is 215 g/mol. The Morgan fingerprint density at radius 3 is 2.62 bits per heavy atom. The number of fused-ring (bicyclic) bond motifs is 1. The van der Waals surface area contributed by atoms with Crippen LogP contribution in [0.4, 0.5) is 0 Å². The van der Waals surface area contributed by atoms with Crippen LogP contribution < -0.4 is 5.43 Å². The van der Waals surface area contributed by atoms with Crippen molar-refractivity contribution in [1.82, 2.24) is 4.98 Å². The van der Waals surface area contributed by atoms with E-state index in [1.807, 2.05) is 13.0 Å². The maximum absolute atomic E-state index is 12.0. The standard InChI is InChI=1S/C14H17NO/c1-4-5-11-8-13(16)14-10(3)6-9(2)7-12(14)15-11/h6-8H,4-5H2,1-3H3,(H,15,16). The first-order chi connectivity index (χ1) is 7.61. The lowest BCUT2D eigenvalue weighted by atomic mass is 10.0. The Balaban J connectivity index is 2.77. The van der Waals surface area contributed by atoms with Crippen molar-refractivity contribution in [2.24, 2.45) is 0 Å². The van der Waals surface area contributed by atoms with E-state index in [4.69, 9.17) is 0 Å². The Bertz CT molecular complexity index is 581. The Labute approximate surface area is 95.3 Å². The lowest BCUT2D eigenvalue weighted by Gasteiger charge is -2.06. The van der Waals surface area contributed by atoms with Gasteiger partial charge in [0.25, 0.3) is 0 Å². The van der Waals surface area contributed by atoms with Gasteiger partial charge in [-0.1, -0.05) is 19.4 Å². The molecule has 84 valence electrons. The predicted molar refractivity (Wildman–Crippen MR) is 68.0 cm³/mol.